The van der Waals surface area contributed by atoms with Gasteiger partial charge < -0.3 is 38.3 Å². The third-order valence-electron chi connectivity index (χ3n) is 4.28. The van der Waals surface area contributed by atoms with Gasteiger partial charge in [-0.15, -0.1) is 0 Å². The largest absolute Gasteiger partial charge is 0.463 e. The van der Waals surface area contributed by atoms with Crippen molar-refractivity contribution in [3.05, 3.63) is 12.7 Å². The van der Waals surface area contributed by atoms with Crippen LogP contribution in [0.15, 0.2) is 12.7 Å². The van der Waals surface area contributed by atoms with E-state index < -0.39 is 12.1 Å². The first kappa shape index (κ1) is 32.4. The molecule has 0 rings (SSSR count). The lowest BCUT2D eigenvalue weighted by molar-refractivity contribution is -0.151. The molecule has 34 heavy (non-hydrogen) atoms. The van der Waals surface area contributed by atoms with Gasteiger partial charge in [0.05, 0.1) is 76.1 Å². The van der Waals surface area contributed by atoms with Gasteiger partial charge in [-0.25, -0.2) is 4.79 Å². The number of esters is 2. The second-order valence-corrected chi connectivity index (χ2v) is 8.37. The maximum Gasteiger partial charge on any atom is 0.330 e. The summed E-state index contributed by atoms with van der Waals surface area (Å²) in [6.07, 6.45) is -0.346. The summed E-state index contributed by atoms with van der Waals surface area (Å²) in [7, 11) is 0. The molecule has 0 aliphatic carbocycles. The molecule has 6 atom stereocenters. The number of ether oxygens (including phenoxy) is 7. The molecule has 10 nitrogen and oxygen atoms in total. The molecule has 0 aromatic heterocycles. The van der Waals surface area contributed by atoms with E-state index in [9.17, 15) is 14.7 Å². The van der Waals surface area contributed by atoms with E-state index in [0.29, 0.717) is 19.8 Å². The van der Waals surface area contributed by atoms with Gasteiger partial charge in [0.1, 0.15) is 13.2 Å². The molecule has 10 heteroatoms. The Kier molecular flexibility index (Phi) is 18.8. The second-order valence-electron chi connectivity index (χ2n) is 8.37. The number of carbonyl (C=O) groups is 2. The highest BCUT2D eigenvalue weighted by Crippen LogP contribution is 2.03. The van der Waals surface area contributed by atoms with Crippen LogP contribution in [0.1, 0.15) is 48.0 Å². The second kappa shape index (κ2) is 19.7. The van der Waals surface area contributed by atoms with E-state index in [-0.39, 0.29) is 69.3 Å². The number of carbonyl (C=O) groups excluding carboxylic acids is 2. The molecule has 0 bridgehead atoms. The van der Waals surface area contributed by atoms with E-state index in [1.165, 1.54) is 0 Å². The third kappa shape index (κ3) is 19.9. The van der Waals surface area contributed by atoms with Crippen LogP contribution < -0.4 is 0 Å². The molecule has 0 aliphatic rings. The Morgan fingerprint density at radius 1 is 0.676 bits per heavy atom. The van der Waals surface area contributed by atoms with E-state index >= 15 is 0 Å². The standard InChI is InChI=1S/C24H44O10/c1-8-23(26)33-15-21(6)32-14-20(5)30-12-18(3)28-10-9-24(27)34-16-22(7)31-13-19(4)29-11-17(2)25/h8,17-22,25H,1,9-16H2,2-7H3. The zero-order chi connectivity index (χ0) is 25.9. The fourth-order valence-corrected chi connectivity index (χ4v) is 2.33. The van der Waals surface area contributed by atoms with Crippen LogP contribution in [-0.4, -0.2) is 99.9 Å². The van der Waals surface area contributed by atoms with E-state index in [2.05, 4.69) is 6.58 Å². The van der Waals surface area contributed by atoms with Gasteiger partial charge >= 0.3 is 11.9 Å². The summed E-state index contributed by atoms with van der Waals surface area (Å²) in [5.74, 6) is -0.850. The number of hydrogen-bond acceptors (Lipinski definition) is 10. The molecular formula is C24H44O10. The van der Waals surface area contributed by atoms with Gasteiger partial charge in [-0.2, -0.15) is 0 Å². The summed E-state index contributed by atoms with van der Waals surface area (Å²) in [6, 6.07) is 0. The topological polar surface area (TPSA) is 119 Å². The van der Waals surface area contributed by atoms with Gasteiger partial charge in [-0.3, -0.25) is 4.79 Å². The Balaban J connectivity index is 3.80. The molecule has 0 spiro atoms. The van der Waals surface area contributed by atoms with E-state index in [0.717, 1.165) is 6.08 Å². The predicted molar refractivity (Wildman–Crippen MR) is 125 cm³/mol. The molecular weight excluding hydrogens is 448 g/mol. The summed E-state index contributed by atoms with van der Waals surface area (Å²) in [5, 5.41) is 9.20. The van der Waals surface area contributed by atoms with Crippen molar-refractivity contribution in [2.45, 2.75) is 84.6 Å². The van der Waals surface area contributed by atoms with Crippen LogP contribution in [-0.2, 0) is 42.7 Å². The highest BCUT2D eigenvalue weighted by molar-refractivity contribution is 5.81. The van der Waals surface area contributed by atoms with E-state index in [4.69, 9.17) is 33.2 Å². The Hall–Kier alpha value is -1.56. The minimum Gasteiger partial charge on any atom is -0.463 e. The number of aliphatic hydroxyl groups is 1. The fourth-order valence-electron chi connectivity index (χ4n) is 2.33. The van der Waals surface area contributed by atoms with Gasteiger partial charge in [-0.05, 0) is 41.5 Å². The summed E-state index contributed by atoms with van der Waals surface area (Å²) in [4.78, 5) is 22.9. The third-order valence-corrected chi connectivity index (χ3v) is 4.28. The summed E-state index contributed by atoms with van der Waals surface area (Å²) < 4.78 is 37.9. The first-order valence-corrected chi connectivity index (χ1v) is 11.7. The fraction of sp³-hybridized carbons (Fsp3) is 0.833. The van der Waals surface area contributed by atoms with Crippen LogP contribution in [0, 0.1) is 0 Å². The molecule has 0 aromatic carbocycles. The lowest BCUT2D eigenvalue weighted by Crippen LogP contribution is -2.28. The van der Waals surface area contributed by atoms with E-state index in [1.54, 1.807) is 13.8 Å². The molecule has 0 aromatic rings. The molecule has 0 fully saturated rings. The Morgan fingerprint density at radius 2 is 1.09 bits per heavy atom. The SMILES string of the molecule is C=CC(=O)OCC(C)OCC(C)OCC(C)OCCC(=O)OCC(C)OCC(C)OCC(C)O. The molecule has 0 amide bonds. The lowest BCUT2D eigenvalue weighted by Gasteiger charge is -2.20. The van der Waals surface area contributed by atoms with Crippen LogP contribution in [0.4, 0.5) is 0 Å². The quantitative estimate of drug-likeness (QED) is 0.188. The van der Waals surface area contributed by atoms with Crippen LogP contribution in [0.25, 0.3) is 0 Å². The average molecular weight is 493 g/mol. The minimum atomic E-state index is -0.523. The Labute approximate surface area is 203 Å². The van der Waals surface area contributed by atoms with Crippen molar-refractivity contribution in [3.63, 3.8) is 0 Å². The van der Waals surface area contributed by atoms with Gasteiger partial charge in [0.25, 0.3) is 0 Å². The maximum atomic E-state index is 11.9. The summed E-state index contributed by atoms with van der Waals surface area (Å²) in [5.41, 5.74) is 0. The first-order chi connectivity index (χ1) is 16.0. The molecule has 0 aliphatic heterocycles. The number of rotatable bonds is 21. The number of aliphatic hydroxyl groups excluding tert-OH is 1. The molecule has 0 heterocycles. The highest BCUT2D eigenvalue weighted by atomic mass is 16.6. The summed E-state index contributed by atoms with van der Waals surface area (Å²) >= 11 is 0. The van der Waals surface area contributed by atoms with Crippen molar-refractivity contribution < 1.29 is 47.9 Å². The number of hydrogen-bond donors (Lipinski definition) is 1. The van der Waals surface area contributed by atoms with Crippen LogP contribution >= 0.6 is 0 Å². The smallest absolute Gasteiger partial charge is 0.330 e. The van der Waals surface area contributed by atoms with E-state index in [1.807, 2.05) is 27.7 Å². The maximum absolute atomic E-state index is 11.9. The molecule has 0 saturated carbocycles. The van der Waals surface area contributed by atoms with Crippen molar-refractivity contribution in [2.24, 2.45) is 0 Å². The Morgan fingerprint density at radius 3 is 1.56 bits per heavy atom. The molecule has 0 saturated heterocycles. The van der Waals surface area contributed by atoms with Crippen molar-refractivity contribution >= 4 is 11.9 Å². The lowest BCUT2D eigenvalue weighted by atomic mass is 10.3. The van der Waals surface area contributed by atoms with Crippen molar-refractivity contribution in [1.82, 2.24) is 0 Å². The highest BCUT2D eigenvalue weighted by Gasteiger charge is 2.13. The van der Waals surface area contributed by atoms with Crippen LogP contribution in [0.5, 0.6) is 0 Å². The monoisotopic (exact) mass is 492 g/mol. The Bertz CT molecular complexity index is 554. The zero-order valence-corrected chi connectivity index (χ0v) is 21.5. The van der Waals surface area contributed by atoms with Crippen molar-refractivity contribution in [2.75, 3.05) is 46.2 Å². The molecule has 200 valence electrons. The molecule has 0 radical (unpaired) electrons. The molecule has 6 unspecified atom stereocenters. The first-order valence-electron chi connectivity index (χ1n) is 11.7. The van der Waals surface area contributed by atoms with Crippen molar-refractivity contribution in [1.29, 1.82) is 0 Å². The minimum absolute atomic E-state index is 0.130. The predicted octanol–water partition coefficient (Wildman–Crippen LogP) is 2.06. The molecule has 1 N–H and O–H groups in total. The summed E-state index contributed by atoms with van der Waals surface area (Å²) in [6.45, 7) is 16.0. The van der Waals surface area contributed by atoms with Crippen molar-refractivity contribution in [3.8, 4) is 0 Å². The van der Waals surface area contributed by atoms with Gasteiger partial charge in [0, 0.05) is 6.08 Å². The van der Waals surface area contributed by atoms with Crippen LogP contribution in [0.2, 0.25) is 0 Å². The van der Waals surface area contributed by atoms with Gasteiger partial charge in [0.15, 0.2) is 0 Å². The zero-order valence-electron chi connectivity index (χ0n) is 21.5. The van der Waals surface area contributed by atoms with Crippen LogP contribution in [0.3, 0.4) is 0 Å². The average Bonchev–Trinajstić information content (AvgIpc) is 2.80. The normalized spacial score (nSPS) is 16.7. The van der Waals surface area contributed by atoms with Gasteiger partial charge in [0.2, 0.25) is 0 Å². The van der Waals surface area contributed by atoms with Gasteiger partial charge in [-0.1, -0.05) is 6.58 Å².